The van der Waals surface area contributed by atoms with Gasteiger partial charge in [-0.1, -0.05) is 38.1 Å². The average molecular weight is 335 g/mol. The Balaban J connectivity index is 0.000000218. The van der Waals surface area contributed by atoms with Crippen LogP contribution in [0.1, 0.15) is 32.3 Å². The molecule has 1 heterocycles. The third-order valence-electron chi connectivity index (χ3n) is 4.54. The zero-order chi connectivity index (χ0) is 18.1. The van der Waals surface area contributed by atoms with Crippen LogP contribution in [0.15, 0.2) is 30.4 Å². The molecule has 1 aliphatic carbocycles. The second kappa shape index (κ2) is 10.4. The molecule has 0 saturated carbocycles. The highest BCUT2D eigenvalue weighted by Gasteiger charge is 2.33. The van der Waals surface area contributed by atoms with Crippen molar-refractivity contribution in [3.05, 3.63) is 35.9 Å². The van der Waals surface area contributed by atoms with Crippen molar-refractivity contribution in [1.82, 2.24) is 4.90 Å². The molecule has 1 fully saturated rings. The van der Waals surface area contributed by atoms with E-state index < -0.39 is 0 Å². The highest BCUT2D eigenvalue weighted by atomic mass is 16.5. The van der Waals surface area contributed by atoms with Gasteiger partial charge >= 0.3 is 0 Å². The molecule has 0 spiro atoms. The Bertz CT molecular complexity index is 516. The number of aryl methyl sites for hydroxylation is 1. The number of aliphatic hydroxyl groups is 1. The van der Waals surface area contributed by atoms with Crippen LogP contribution < -0.4 is 9.47 Å². The van der Waals surface area contributed by atoms with E-state index in [0.29, 0.717) is 12.0 Å². The lowest BCUT2D eigenvalue weighted by molar-refractivity contribution is 0.147. The summed E-state index contributed by atoms with van der Waals surface area (Å²) in [5, 5.41) is 9.36. The van der Waals surface area contributed by atoms with Crippen LogP contribution in [-0.4, -0.2) is 50.0 Å². The minimum Gasteiger partial charge on any atom is -0.493 e. The third kappa shape index (κ3) is 5.25. The normalized spacial score (nSPS) is 24.9. The molecule has 0 amide bonds. The number of fused-ring (bicyclic) bond motifs is 1. The molecule has 3 atom stereocenters. The van der Waals surface area contributed by atoms with Crippen molar-refractivity contribution in [2.75, 3.05) is 27.8 Å². The van der Waals surface area contributed by atoms with E-state index >= 15 is 0 Å². The van der Waals surface area contributed by atoms with Gasteiger partial charge in [-0.15, -0.1) is 0 Å². The second-order valence-corrected chi connectivity index (χ2v) is 6.00. The number of hydrogen-bond donors (Lipinski definition) is 1. The Kier molecular flexibility index (Phi) is 8.87. The third-order valence-corrected chi connectivity index (χ3v) is 4.54. The molecule has 1 aromatic carbocycles. The standard InChI is InChI=1S/C9H15NO.C9H12O2.C2H6/c1-10-5-4-7-2-3-8(11)6-9(7)10;1-7-5-4-6-8(10-2)9(7)11-3;1-2/h2-3,7-9,11H,4-6H2,1H3;4-6H,1-3H3;1-2H3. The van der Waals surface area contributed by atoms with Gasteiger partial charge in [-0.2, -0.15) is 0 Å². The number of para-hydroxylation sites is 1. The van der Waals surface area contributed by atoms with E-state index in [1.807, 2.05) is 45.0 Å². The van der Waals surface area contributed by atoms with Crippen molar-refractivity contribution in [3.63, 3.8) is 0 Å². The number of benzene rings is 1. The molecule has 3 unspecified atom stereocenters. The summed E-state index contributed by atoms with van der Waals surface area (Å²) in [6, 6.07) is 6.42. The molecule has 4 heteroatoms. The lowest BCUT2D eigenvalue weighted by Crippen LogP contribution is -2.34. The quantitative estimate of drug-likeness (QED) is 0.838. The summed E-state index contributed by atoms with van der Waals surface area (Å²) >= 11 is 0. The molecule has 1 N–H and O–H groups in total. The predicted octanol–water partition coefficient (Wildman–Crippen LogP) is 3.67. The molecule has 0 radical (unpaired) electrons. The molecule has 1 aliphatic heterocycles. The van der Waals surface area contributed by atoms with Crippen molar-refractivity contribution in [2.45, 2.75) is 45.8 Å². The van der Waals surface area contributed by atoms with Gasteiger partial charge in [0.1, 0.15) is 0 Å². The maximum Gasteiger partial charge on any atom is 0.163 e. The second-order valence-electron chi connectivity index (χ2n) is 6.00. The number of hydrogen-bond acceptors (Lipinski definition) is 4. The van der Waals surface area contributed by atoms with E-state index in [0.717, 1.165) is 23.5 Å². The van der Waals surface area contributed by atoms with Gasteiger partial charge < -0.3 is 19.5 Å². The van der Waals surface area contributed by atoms with Crippen LogP contribution in [0.4, 0.5) is 0 Å². The van der Waals surface area contributed by atoms with Crippen LogP contribution in [0.2, 0.25) is 0 Å². The van der Waals surface area contributed by atoms with Crippen molar-refractivity contribution in [1.29, 1.82) is 0 Å². The minimum atomic E-state index is -0.197. The Morgan fingerprint density at radius 1 is 1.12 bits per heavy atom. The fourth-order valence-electron chi connectivity index (χ4n) is 3.26. The summed E-state index contributed by atoms with van der Waals surface area (Å²) in [6.45, 7) is 7.17. The predicted molar refractivity (Wildman–Crippen MR) is 99.9 cm³/mol. The first kappa shape index (κ1) is 20.5. The smallest absolute Gasteiger partial charge is 0.163 e. The molecule has 2 aliphatic rings. The van der Waals surface area contributed by atoms with E-state index in [9.17, 15) is 5.11 Å². The fraction of sp³-hybridized carbons (Fsp3) is 0.600. The zero-order valence-electron chi connectivity index (χ0n) is 16.0. The van der Waals surface area contributed by atoms with Crippen LogP contribution in [0.5, 0.6) is 11.5 Å². The van der Waals surface area contributed by atoms with E-state index in [4.69, 9.17) is 9.47 Å². The summed E-state index contributed by atoms with van der Waals surface area (Å²) in [7, 11) is 5.43. The highest BCUT2D eigenvalue weighted by Crippen LogP contribution is 2.31. The number of methoxy groups -OCH3 is 2. The molecule has 3 rings (SSSR count). The van der Waals surface area contributed by atoms with Crippen LogP contribution in [0, 0.1) is 12.8 Å². The van der Waals surface area contributed by atoms with Gasteiger partial charge in [0.15, 0.2) is 11.5 Å². The topological polar surface area (TPSA) is 41.9 Å². The number of likely N-dealkylation sites (tertiary alicyclic amines) is 1. The van der Waals surface area contributed by atoms with Crippen LogP contribution >= 0.6 is 0 Å². The van der Waals surface area contributed by atoms with Crippen LogP contribution in [-0.2, 0) is 0 Å². The molecule has 4 nitrogen and oxygen atoms in total. The molecule has 0 aromatic heterocycles. The lowest BCUT2D eigenvalue weighted by atomic mass is 9.90. The van der Waals surface area contributed by atoms with Gasteiger partial charge in [0.2, 0.25) is 0 Å². The summed E-state index contributed by atoms with van der Waals surface area (Å²) in [6.07, 6.45) is 6.13. The zero-order valence-corrected chi connectivity index (χ0v) is 16.0. The van der Waals surface area contributed by atoms with Gasteiger partial charge in [-0.3, -0.25) is 0 Å². The monoisotopic (exact) mass is 335 g/mol. The van der Waals surface area contributed by atoms with E-state index in [2.05, 4.69) is 18.0 Å². The molecule has 0 bridgehead atoms. The maximum absolute atomic E-state index is 9.36. The Morgan fingerprint density at radius 3 is 2.42 bits per heavy atom. The largest absolute Gasteiger partial charge is 0.493 e. The number of rotatable bonds is 2. The fourth-order valence-corrected chi connectivity index (χ4v) is 3.26. The van der Waals surface area contributed by atoms with Crippen molar-refractivity contribution < 1.29 is 14.6 Å². The van der Waals surface area contributed by atoms with E-state index in [1.165, 1.54) is 13.0 Å². The van der Waals surface area contributed by atoms with Gasteiger partial charge in [-0.25, -0.2) is 0 Å². The van der Waals surface area contributed by atoms with Gasteiger partial charge in [0.25, 0.3) is 0 Å². The first-order chi connectivity index (χ1) is 11.6. The Labute approximate surface area is 147 Å². The minimum absolute atomic E-state index is 0.197. The number of nitrogens with zero attached hydrogens (tertiary/aromatic N) is 1. The lowest BCUT2D eigenvalue weighted by Gasteiger charge is -2.28. The SMILES string of the molecule is CC.CN1CCC2C=CC(O)CC21.COc1cccc(C)c1OC. The molecule has 1 saturated heterocycles. The van der Waals surface area contributed by atoms with Crippen molar-refractivity contribution >= 4 is 0 Å². The molecule has 136 valence electrons. The van der Waals surface area contributed by atoms with E-state index in [-0.39, 0.29) is 6.10 Å². The highest BCUT2D eigenvalue weighted by molar-refractivity contribution is 5.45. The number of aliphatic hydroxyl groups excluding tert-OH is 1. The van der Waals surface area contributed by atoms with E-state index in [1.54, 1.807) is 14.2 Å². The Morgan fingerprint density at radius 2 is 1.83 bits per heavy atom. The summed E-state index contributed by atoms with van der Waals surface area (Å²) in [5.74, 6) is 2.31. The van der Waals surface area contributed by atoms with Crippen molar-refractivity contribution in [2.24, 2.45) is 5.92 Å². The first-order valence-electron chi connectivity index (χ1n) is 8.81. The first-order valence-corrected chi connectivity index (χ1v) is 8.81. The average Bonchev–Trinajstić information content (AvgIpc) is 2.97. The maximum atomic E-state index is 9.36. The molecule has 1 aromatic rings. The Hall–Kier alpha value is -1.52. The van der Waals surface area contributed by atoms with Crippen LogP contribution in [0.25, 0.3) is 0 Å². The van der Waals surface area contributed by atoms with Crippen molar-refractivity contribution in [3.8, 4) is 11.5 Å². The number of ether oxygens (including phenoxy) is 2. The van der Waals surface area contributed by atoms with Crippen LogP contribution in [0.3, 0.4) is 0 Å². The summed E-state index contributed by atoms with van der Waals surface area (Å²) in [4.78, 5) is 2.36. The summed E-state index contributed by atoms with van der Waals surface area (Å²) < 4.78 is 10.2. The van der Waals surface area contributed by atoms with Gasteiger partial charge in [-0.05, 0) is 50.9 Å². The molecular weight excluding hydrogens is 302 g/mol. The van der Waals surface area contributed by atoms with Gasteiger partial charge in [0.05, 0.1) is 20.3 Å². The molecular formula is C20H33NO3. The van der Waals surface area contributed by atoms with Gasteiger partial charge in [0, 0.05) is 6.04 Å². The summed E-state index contributed by atoms with van der Waals surface area (Å²) in [5.41, 5.74) is 1.09. The molecule has 24 heavy (non-hydrogen) atoms.